The molecule has 3 heteroatoms. The van der Waals surface area contributed by atoms with Gasteiger partial charge in [0, 0.05) is 0 Å². The highest BCUT2D eigenvalue weighted by molar-refractivity contribution is 5.65. The van der Waals surface area contributed by atoms with E-state index in [9.17, 15) is 4.79 Å². The number of aryl methyl sites for hydroxylation is 1. The second-order valence-corrected chi connectivity index (χ2v) is 3.57. The monoisotopic (exact) mass is 274 g/mol. The summed E-state index contributed by atoms with van der Waals surface area (Å²) in [5, 5.41) is 0. The molecule has 0 N–H and O–H groups in total. The molecule has 20 heavy (non-hydrogen) atoms. The van der Waals surface area contributed by atoms with E-state index in [2.05, 4.69) is 6.58 Å². The van der Waals surface area contributed by atoms with Crippen molar-refractivity contribution >= 4 is 6.16 Å². The Morgan fingerprint density at radius 2 is 1.80 bits per heavy atom. The summed E-state index contributed by atoms with van der Waals surface area (Å²) < 4.78 is 9.97. The third-order valence-electron chi connectivity index (χ3n) is 2.08. The first-order valence-corrected chi connectivity index (χ1v) is 6.57. The summed E-state index contributed by atoms with van der Waals surface area (Å²) in [5.41, 5.74) is 1.09. The predicted molar refractivity (Wildman–Crippen MR) is 82.7 cm³/mol. The second-order valence-electron chi connectivity index (χ2n) is 3.57. The van der Waals surface area contributed by atoms with Gasteiger partial charge in [0.25, 0.3) is 0 Å². The molecule has 1 aromatic carbocycles. The average molecular weight is 274 g/mol. The van der Waals surface area contributed by atoms with Gasteiger partial charge < -0.3 is 9.47 Å². The van der Waals surface area contributed by atoms with Gasteiger partial charge in [0.05, 0.1) is 0 Å². The zero-order chi connectivity index (χ0) is 15.4. The van der Waals surface area contributed by atoms with Crippen molar-refractivity contribution in [2.45, 2.75) is 27.7 Å². The Labute approximate surface area is 121 Å². The fraction of sp³-hybridized carbons (Fsp3) is 0.235. The summed E-state index contributed by atoms with van der Waals surface area (Å²) in [4.78, 5) is 11.5. The van der Waals surface area contributed by atoms with Crippen LogP contribution < -0.4 is 4.74 Å². The lowest BCUT2D eigenvalue weighted by Crippen LogP contribution is -2.09. The third-order valence-corrected chi connectivity index (χ3v) is 2.08. The molecule has 0 fully saturated rings. The van der Waals surface area contributed by atoms with Crippen LogP contribution in [0.5, 0.6) is 5.75 Å². The molecule has 0 aliphatic carbocycles. The van der Waals surface area contributed by atoms with Crippen molar-refractivity contribution in [2.24, 2.45) is 0 Å². The minimum Gasteiger partial charge on any atom is -0.395 e. The third kappa shape index (κ3) is 7.21. The fourth-order valence-electron chi connectivity index (χ4n) is 1.15. The molecule has 0 unspecified atom stereocenters. The lowest BCUT2D eigenvalue weighted by Gasteiger charge is -2.05. The van der Waals surface area contributed by atoms with Gasteiger partial charge in [-0.1, -0.05) is 50.3 Å². The van der Waals surface area contributed by atoms with Crippen LogP contribution in [0.15, 0.2) is 60.9 Å². The lowest BCUT2D eigenvalue weighted by molar-refractivity contribution is 0.129. The molecular weight excluding hydrogens is 252 g/mol. The Morgan fingerprint density at radius 1 is 1.20 bits per heavy atom. The van der Waals surface area contributed by atoms with Gasteiger partial charge in [-0.2, -0.15) is 0 Å². The summed E-state index contributed by atoms with van der Waals surface area (Å²) in [7, 11) is 0. The van der Waals surface area contributed by atoms with Gasteiger partial charge in [-0.05, 0) is 38.1 Å². The van der Waals surface area contributed by atoms with Crippen molar-refractivity contribution in [2.75, 3.05) is 0 Å². The highest BCUT2D eigenvalue weighted by Gasteiger charge is 2.07. The number of hydrogen-bond acceptors (Lipinski definition) is 3. The van der Waals surface area contributed by atoms with Crippen LogP contribution in [0.4, 0.5) is 4.79 Å². The number of hydrogen-bond donors (Lipinski definition) is 0. The summed E-state index contributed by atoms with van der Waals surface area (Å²) in [6, 6.07) is 7.12. The van der Waals surface area contributed by atoms with E-state index < -0.39 is 6.16 Å². The molecule has 0 amide bonds. The molecule has 0 aliphatic heterocycles. The molecule has 0 bridgehead atoms. The first-order chi connectivity index (χ1) is 9.65. The van der Waals surface area contributed by atoms with Gasteiger partial charge in [-0.25, -0.2) is 4.79 Å². The van der Waals surface area contributed by atoms with E-state index in [4.69, 9.17) is 9.47 Å². The van der Waals surface area contributed by atoms with Crippen molar-refractivity contribution in [1.29, 1.82) is 0 Å². The second kappa shape index (κ2) is 10.6. The van der Waals surface area contributed by atoms with Crippen LogP contribution in [0.2, 0.25) is 0 Å². The van der Waals surface area contributed by atoms with Gasteiger partial charge in [0.2, 0.25) is 0 Å². The van der Waals surface area contributed by atoms with Crippen molar-refractivity contribution in [1.82, 2.24) is 0 Å². The Bertz CT molecular complexity index is 468. The zero-order valence-corrected chi connectivity index (χ0v) is 12.6. The van der Waals surface area contributed by atoms with Crippen LogP contribution in [-0.2, 0) is 4.74 Å². The molecular formula is C17H22O3. The normalized spacial score (nSPS) is 10.5. The molecule has 0 radical (unpaired) electrons. The summed E-state index contributed by atoms with van der Waals surface area (Å²) in [6.07, 6.45) is 5.85. The maximum Gasteiger partial charge on any atom is 0.519 e. The standard InChI is InChI=1S/C15H16O3.C2H6/c1-4-6-7-13(5-2)17-15(16)18-14-10-8-12(3)9-11-14;1-2/h4-11H,2H2,1,3H3;1-2H3/b6-4-,13-7+;. The Balaban J connectivity index is 0.00000172. The summed E-state index contributed by atoms with van der Waals surface area (Å²) in [5.74, 6) is 0.783. The minimum absolute atomic E-state index is 0.338. The minimum atomic E-state index is -0.783. The van der Waals surface area contributed by atoms with Gasteiger partial charge in [-0.15, -0.1) is 0 Å². The molecule has 0 saturated heterocycles. The molecule has 1 aromatic rings. The largest absolute Gasteiger partial charge is 0.519 e. The molecule has 0 aliphatic rings. The highest BCUT2D eigenvalue weighted by atomic mass is 16.7. The number of carbonyl (C=O) groups excluding carboxylic acids is 1. The maximum atomic E-state index is 11.5. The Morgan fingerprint density at radius 3 is 2.30 bits per heavy atom. The zero-order valence-electron chi connectivity index (χ0n) is 12.6. The molecule has 0 spiro atoms. The van der Waals surface area contributed by atoms with Crippen molar-refractivity contribution in [3.05, 3.63) is 66.5 Å². The number of carbonyl (C=O) groups is 1. The van der Waals surface area contributed by atoms with Crippen LogP contribution in [0.1, 0.15) is 26.3 Å². The van der Waals surface area contributed by atoms with E-state index >= 15 is 0 Å². The highest BCUT2D eigenvalue weighted by Crippen LogP contribution is 2.13. The van der Waals surface area contributed by atoms with E-state index in [-0.39, 0.29) is 0 Å². The number of rotatable bonds is 4. The van der Waals surface area contributed by atoms with E-state index in [1.165, 1.54) is 6.08 Å². The number of allylic oxidation sites excluding steroid dienone is 4. The first-order valence-electron chi connectivity index (χ1n) is 6.57. The fourth-order valence-corrected chi connectivity index (χ4v) is 1.15. The Kier molecular flexibility index (Phi) is 9.40. The van der Waals surface area contributed by atoms with Crippen LogP contribution >= 0.6 is 0 Å². The Hall–Kier alpha value is -2.29. The smallest absolute Gasteiger partial charge is 0.395 e. The van der Waals surface area contributed by atoms with Crippen molar-refractivity contribution in [3.63, 3.8) is 0 Å². The van der Waals surface area contributed by atoms with Crippen molar-refractivity contribution < 1.29 is 14.3 Å². The SMILES string of the molecule is C=C/C(=C\C=C/C)OC(=O)Oc1ccc(C)cc1.CC. The molecule has 108 valence electrons. The van der Waals surface area contributed by atoms with E-state index in [1.54, 1.807) is 24.3 Å². The molecule has 0 aromatic heterocycles. The molecule has 0 saturated carbocycles. The average Bonchev–Trinajstić information content (AvgIpc) is 2.48. The van der Waals surface area contributed by atoms with Crippen LogP contribution in [0.25, 0.3) is 0 Å². The van der Waals surface area contributed by atoms with Gasteiger partial charge in [0.15, 0.2) is 0 Å². The number of benzene rings is 1. The predicted octanol–water partition coefficient (Wildman–Crippen LogP) is 5.18. The first kappa shape index (κ1) is 17.7. The molecule has 0 heterocycles. The topological polar surface area (TPSA) is 35.5 Å². The van der Waals surface area contributed by atoms with E-state index in [0.717, 1.165) is 5.56 Å². The van der Waals surface area contributed by atoms with Gasteiger partial charge in [-0.3, -0.25) is 0 Å². The van der Waals surface area contributed by atoms with E-state index in [0.29, 0.717) is 11.5 Å². The van der Waals surface area contributed by atoms with Gasteiger partial charge in [0.1, 0.15) is 11.5 Å². The molecule has 1 rings (SSSR count). The van der Waals surface area contributed by atoms with Crippen molar-refractivity contribution in [3.8, 4) is 5.75 Å². The summed E-state index contributed by atoms with van der Waals surface area (Å²) >= 11 is 0. The maximum absolute atomic E-state index is 11.5. The van der Waals surface area contributed by atoms with Crippen LogP contribution in [-0.4, -0.2) is 6.16 Å². The molecule has 0 atom stereocenters. The molecule has 3 nitrogen and oxygen atoms in total. The van der Waals surface area contributed by atoms with Gasteiger partial charge >= 0.3 is 6.16 Å². The lowest BCUT2D eigenvalue weighted by atomic mass is 10.2. The quantitative estimate of drug-likeness (QED) is 0.328. The number of ether oxygens (including phenoxy) is 2. The van der Waals surface area contributed by atoms with E-state index in [1.807, 2.05) is 45.9 Å². The summed E-state index contributed by atoms with van der Waals surface area (Å²) in [6.45, 7) is 11.4. The van der Waals surface area contributed by atoms with Crippen LogP contribution in [0, 0.1) is 6.92 Å². The van der Waals surface area contributed by atoms with Crippen LogP contribution in [0.3, 0.4) is 0 Å².